The van der Waals surface area contributed by atoms with Gasteiger partial charge in [-0.05, 0) is 78.0 Å². The largest absolute Gasteiger partial charge is 0.487 e. The minimum atomic E-state index is -2.97. The van der Waals surface area contributed by atoms with Crippen molar-refractivity contribution in [3.05, 3.63) is 142 Å². The van der Waals surface area contributed by atoms with E-state index in [9.17, 15) is 13.6 Å². The zero-order valence-electron chi connectivity index (χ0n) is 30.5. The first-order chi connectivity index (χ1) is 24.2. The van der Waals surface area contributed by atoms with E-state index in [0.717, 1.165) is 28.5 Å². The van der Waals surface area contributed by atoms with Gasteiger partial charge in [-0.3, -0.25) is 4.79 Å². The number of hydrogen-bond donors (Lipinski definition) is 2. The molecule has 270 valence electrons. The Bertz CT molecular complexity index is 1910. The van der Waals surface area contributed by atoms with Gasteiger partial charge >= 0.3 is 0 Å². The van der Waals surface area contributed by atoms with Gasteiger partial charge in [-0.15, -0.1) is 0 Å². The van der Waals surface area contributed by atoms with Crippen LogP contribution in [0.5, 0.6) is 11.5 Å². The number of alkyl halides is 2. The number of aromatic nitrogens is 1. The van der Waals surface area contributed by atoms with Crippen LogP contribution in [-0.4, -0.2) is 38.4 Å². The Morgan fingerprint density at radius 3 is 2.08 bits per heavy atom. The van der Waals surface area contributed by atoms with Crippen molar-refractivity contribution in [2.45, 2.75) is 83.3 Å². The fourth-order valence-electron chi connectivity index (χ4n) is 5.72. The van der Waals surface area contributed by atoms with E-state index >= 15 is 0 Å². The molecule has 0 amide bonds. The van der Waals surface area contributed by atoms with E-state index < -0.39 is 20.8 Å². The third-order valence-corrected chi connectivity index (χ3v) is 14.1. The van der Waals surface area contributed by atoms with Gasteiger partial charge in [0.2, 0.25) is 5.56 Å². The summed E-state index contributed by atoms with van der Waals surface area (Å²) in [6.07, 6.45) is 0.0606. The number of hydrogen-bond acceptors (Lipinski definition) is 5. The van der Waals surface area contributed by atoms with Gasteiger partial charge in [0, 0.05) is 30.5 Å². The summed E-state index contributed by atoms with van der Waals surface area (Å²) < 4.78 is 47.9. The fraction of sp³-hybridized carbons (Fsp3) is 0.357. The van der Waals surface area contributed by atoms with Crippen molar-refractivity contribution >= 4 is 19.2 Å². The lowest BCUT2D eigenvalue weighted by Gasteiger charge is -2.40. The second-order valence-corrected chi connectivity index (χ2v) is 19.6. The lowest BCUT2D eigenvalue weighted by Crippen LogP contribution is -2.44. The molecule has 0 saturated heterocycles. The van der Waals surface area contributed by atoms with E-state index in [1.807, 2.05) is 66.7 Å². The molecule has 0 spiro atoms. The molecule has 0 bridgehead atoms. The van der Waals surface area contributed by atoms with Gasteiger partial charge < -0.3 is 24.2 Å². The highest BCUT2D eigenvalue weighted by Crippen LogP contribution is 2.41. The zero-order valence-corrected chi connectivity index (χ0v) is 31.5. The lowest BCUT2D eigenvalue weighted by molar-refractivity contribution is -0.0400. The average Bonchev–Trinajstić information content (AvgIpc) is 3.09. The van der Waals surface area contributed by atoms with E-state index in [1.165, 1.54) is 0 Å². The molecule has 2 N–H and O–H groups in total. The monoisotopic (exact) mass is 712 g/mol. The summed E-state index contributed by atoms with van der Waals surface area (Å²) in [6, 6.07) is 33.4. The number of rotatable bonds is 16. The van der Waals surface area contributed by atoms with Crippen molar-refractivity contribution in [2.24, 2.45) is 0 Å². The molecule has 0 aliphatic heterocycles. The molecule has 1 heterocycles. The first-order valence-electron chi connectivity index (χ1n) is 17.6. The molecule has 0 aliphatic carbocycles. The molecule has 0 fully saturated rings. The number of fused-ring (bicyclic) bond motifs is 1. The van der Waals surface area contributed by atoms with E-state index in [1.54, 1.807) is 42.5 Å². The molecule has 6 nitrogen and oxygen atoms in total. The molecular weight excluding hydrogens is 663 g/mol. The first kappa shape index (κ1) is 37.9. The number of aromatic amines is 1. The molecule has 0 saturated carbocycles. The van der Waals surface area contributed by atoms with Crippen LogP contribution in [0, 0.1) is 0 Å². The topological polar surface area (TPSA) is 72.6 Å². The van der Waals surface area contributed by atoms with Crippen LogP contribution in [0.1, 0.15) is 56.1 Å². The number of halogens is 2. The lowest BCUT2D eigenvalue weighted by atomic mass is 10.0. The highest BCUT2D eigenvalue weighted by Gasteiger charge is 2.40. The second kappa shape index (κ2) is 16.4. The molecule has 9 heteroatoms. The van der Waals surface area contributed by atoms with Gasteiger partial charge in [0.1, 0.15) is 18.1 Å². The van der Waals surface area contributed by atoms with E-state index in [-0.39, 0.29) is 29.2 Å². The van der Waals surface area contributed by atoms with Crippen LogP contribution in [0.4, 0.5) is 8.78 Å². The van der Waals surface area contributed by atoms with Gasteiger partial charge in [0.05, 0.1) is 11.6 Å². The summed E-state index contributed by atoms with van der Waals surface area (Å²) in [7, 11) is -2.23. The SMILES string of the molecule is C[C@@H](Cc1ccc(OCC(F)(F)Cc2ccccc2)cc1)NC[C@H](O[Si](C)(C)C(C)(C)C)c1ccc(OCc2ccccc2)c2[nH]c(=O)ccc12. The van der Waals surface area contributed by atoms with E-state index in [2.05, 4.69) is 51.1 Å². The minimum absolute atomic E-state index is 0.0188. The minimum Gasteiger partial charge on any atom is -0.487 e. The highest BCUT2D eigenvalue weighted by molar-refractivity contribution is 6.74. The van der Waals surface area contributed by atoms with E-state index in [0.29, 0.717) is 35.7 Å². The van der Waals surface area contributed by atoms with Crippen LogP contribution in [0.25, 0.3) is 10.9 Å². The maximum atomic E-state index is 14.5. The second-order valence-electron chi connectivity index (χ2n) is 14.9. The Hall–Kier alpha value is -4.31. The van der Waals surface area contributed by atoms with Crippen molar-refractivity contribution in [3.8, 4) is 11.5 Å². The Kier molecular flexibility index (Phi) is 12.2. The van der Waals surface area contributed by atoms with Gasteiger partial charge in [-0.1, -0.05) is 99.6 Å². The summed E-state index contributed by atoms with van der Waals surface area (Å²) in [6.45, 7) is 13.5. The van der Waals surface area contributed by atoms with Crippen LogP contribution < -0.4 is 20.3 Å². The third-order valence-electron chi connectivity index (χ3n) is 9.59. The average molecular weight is 713 g/mol. The van der Waals surface area contributed by atoms with Crippen LogP contribution >= 0.6 is 0 Å². The molecule has 0 aliphatic rings. The number of ether oxygens (including phenoxy) is 2. The molecule has 0 unspecified atom stereocenters. The van der Waals surface area contributed by atoms with Crippen LogP contribution in [-0.2, 0) is 23.9 Å². The Balaban J connectivity index is 1.28. The summed E-state index contributed by atoms with van der Waals surface area (Å²) in [5, 5.41) is 4.55. The molecule has 5 rings (SSSR count). The molecule has 4 aromatic carbocycles. The molecule has 5 aromatic rings. The highest BCUT2D eigenvalue weighted by atomic mass is 28.4. The third kappa shape index (κ3) is 10.6. The van der Waals surface area contributed by atoms with Crippen molar-refractivity contribution < 1.29 is 22.7 Å². The van der Waals surface area contributed by atoms with Gasteiger partial charge in [0.25, 0.3) is 5.92 Å². The summed E-state index contributed by atoms with van der Waals surface area (Å²) >= 11 is 0. The van der Waals surface area contributed by atoms with Gasteiger partial charge in [0.15, 0.2) is 14.9 Å². The van der Waals surface area contributed by atoms with Gasteiger partial charge in [-0.25, -0.2) is 8.78 Å². The maximum absolute atomic E-state index is 14.5. The Labute approximate surface area is 301 Å². The fourth-order valence-corrected chi connectivity index (χ4v) is 7.00. The normalized spacial score (nSPS) is 13.6. The summed E-state index contributed by atoms with van der Waals surface area (Å²) in [5.41, 5.74) is 4.09. The van der Waals surface area contributed by atoms with Crippen molar-refractivity contribution in [2.75, 3.05) is 13.2 Å². The number of nitrogens with one attached hydrogen (secondary N) is 2. The smallest absolute Gasteiger partial charge is 0.285 e. The van der Waals surface area contributed by atoms with E-state index in [4.69, 9.17) is 13.9 Å². The standard InChI is InChI=1S/C42H50F2N2O4Si/c1-30(25-31-17-19-34(20-18-31)49-29-42(43,44)26-32-13-9-7-10-14-32)45-27-38(50-51(5,6)41(2,3)4)35-21-23-37(40-36(35)22-24-39(47)46-40)48-28-33-15-11-8-12-16-33/h7-24,30,38,45H,25-29H2,1-6H3,(H,46,47)/t30-,38-/m0/s1. The number of benzene rings is 4. The molecule has 0 radical (unpaired) electrons. The zero-order chi connectivity index (χ0) is 36.6. The predicted octanol–water partition coefficient (Wildman–Crippen LogP) is 9.65. The molecule has 51 heavy (non-hydrogen) atoms. The predicted molar refractivity (Wildman–Crippen MR) is 205 cm³/mol. The number of pyridine rings is 1. The molecular formula is C42H50F2N2O4Si. The van der Waals surface area contributed by atoms with Crippen molar-refractivity contribution in [1.82, 2.24) is 10.3 Å². The van der Waals surface area contributed by atoms with Crippen LogP contribution in [0.15, 0.2) is 114 Å². The van der Waals surface area contributed by atoms with Gasteiger partial charge in [-0.2, -0.15) is 0 Å². The molecule has 1 aromatic heterocycles. The maximum Gasteiger partial charge on any atom is 0.285 e. The van der Waals surface area contributed by atoms with Crippen LogP contribution in [0.3, 0.4) is 0 Å². The van der Waals surface area contributed by atoms with Crippen molar-refractivity contribution in [3.63, 3.8) is 0 Å². The molecule has 2 atom stereocenters. The Morgan fingerprint density at radius 1 is 0.784 bits per heavy atom. The van der Waals surface area contributed by atoms with Crippen molar-refractivity contribution in [1.29, 1.82) is 0 Å². The first-order valence-corrected chi connectivity index (χ1v) is 20.5. The van der Waals surface area contributed by atoms with Crippen LogP contribution in [0.2, 0.25) is 18.1 Å². The summed E-state index contributed by atoms with van der Waals surface area (Å²) in [4.78, 5) is 15.5. The summed E-state index contributed by atoms with van der Waals surface area (Å²) in [5.74, 6) is -1.96. The number of H-pyrrole nitrogens is 1. The quantitative estimate of drug-likeness (QED) is 0.0998. The Morgan fingerprint density at radius 2 is 1.43 bits per heavy atom.